The minimum Gasteiger partial charge on any atom is -0.386 e. The minimum atomic E-state index is -1.15. The lowest BCUT2D eigenvalue weighted by Crippen LogP contribution is -2.30. The van der Waals surface area contributed by atoms with Gasteiger partial charge in [0, 0.05) is 6.04 Å². The topological polar surface area (TPSA) is 105 Å². The number of ether oxygens (including phenoxy) is 1. The number of rotatable bonds is 3. The molecule has 1 aliphatic heterocycles. The van der Waals surface area contributed by atoms with Crippen LogP contribution in [-0.4, -0.2) is 54.1 Å². The summed E-state index contributed by atoms with van der Waals surface area (Å²) in [5, 5.41) is 23.6. The van der Waals surface area contributed by atoms with Gasteiger partial charge in [-0.15, -0.1) is 6.42 Å². The van der Waals surface area contributed by atoms with Gasteiger partial charge in [0.1, 0.15) is 24.6 Å². The maximum atomic E-state index is 10.2. The summed E-state index contributed by atoms with van der Waals surface area (Å²) in [5.74, 6) is 3.01. The Morgan fingerprint density at radius 1 is 1.21 bits per heavy atom. The lowest BCUT2D eigenvalue weighted by atomic mass is 10.1. The van der Waals surface area contributed by atoms with Gasteiger partial charge in [-0.2, -0.15) is 0 Å². The Bertz CT molecular complexity index is 780. The van der Waals surface area contributed by atoms with Crippen molar-refractivity contribution in [2.24, 2.45) is 0 Å². The minimum absolute atomic E-state index is 0.397. The van der Waals surface area contributed by atoms with Crippen LogP contribution in [0.5, 0.6) is 0 Å². The highest BCUT2D eigenvalue weighted by atomic mass is 16.6. The van der Waals surface area contributed by atoms with Gasteiger partial charge in [-0.05, 0) is 12.8 Å². The molecule has 0 aromatic carbocycles. The Hall–Kier alpha value is -2.21. The molecule has 1 aliphatic carbocycles. The molecule has 2 aliphatic rings. The molecule has 3 N–H and O–H groups in total. The molecule has 0 bridgehead atoms. The predicted molar refractivity (Wildman–Crippen MR) is 86.0 cm³/mol. The van der Waals surface area contributed by atoms with Crippen LogP contribution in [0.25, 0.3) is 11.2 Å². The van der Waals surface area contributed by atoms with Crippen molar-refractivity contribution in [2.45, 2.75) is 56.3 Å². The van der Waals surface area contributed by atoms with E-state index in [0.29, 0.717) is 23.0 Å². The first-order chi connectivity index (χ1) is 11.7. The summed E-state index contributed by atoms with van der Waals surface area (Å²) in [6, 6.07) is 0.397. The van der Waals surface area contributed by atoms with Crippen LogP contribution in [0, 0.1) is 12.3 Å². The molecule has 2 aromatic rings. The molecule has 1 saturated carbocycles. The van der Waals surface area contributed by atoms with Crippen molar-refractivity contribution >= 4 is 17.0 Å². The number of aromatic nitrogens is 4. The van der Waals surface area contributed by atoms with Gasteiger partial charge >= 0.3 is 0 Å². The summed E-state index contributed by atoms with van der Waals surface area (Å²) in [6.45, 7) is 0. The van der Waals surface area contributed by atoms with E-state index in [0.717, 1.165) is 12.8 Å². The molecule has 4 rings (SSSR count). The van der Waals surface area contributed by atoms with E-state index in [1.165, 1.54) is 25.5 Å². The summed E-state index contributed by atoms with van der Waals surface area (Å²) in [6.07, 6.45) is 8.98. The Morgan fingerprint density at radius 2 is 2.00 bits per heavy atom. The van der Waals surface area contributed by atoms with E-state index in [1.54, 1.807) is 4.57 Å². The van der Waals surface area contributed by atoms with Crippen LogP contribution in [0.15, 0.2) is 12.7 Å². The SMILES string of the molecule is C#C[C@H]1O[C@@H](n2cnc3c(NC4CCCC4)ncnc32)[C@H](O)[C@@H]1O. The zero-order chi connectivity index (χ0) is 16.7. The molecule has 8 heteroatoms. The molecule has 4 atom stereocenters. The zero-order valence-corrected chi connectivity index (χ0v) is 13.0. The molecule has 2 aromatic heterocycles. The first-order valence-corrected chi connectivity index (χ1v) is 8.11. The molecule has 3 heterocycles. The number of imidazole rings is 1. The number of hydrogen-bond acceptors (Lipinski definition) is 7. The van der Waals surface area contributed by atoms with Gasteiger partial charge in [-0.3, -0.25) is 4.57 Å². The normalized spacial score (nSPS) is 30.7. The molecular weight excluding hydrogens is 310 g/mol. The Kier molecular flexibility index (Phi) is 3.84. The number of aliphatic hydroxyl groups is 2. The number of nitrogens with one attached hydrogen (secondary N) is 1. The fourth-order valence-electron chi connectivity index (χ4n) is 3.43. The van der Waals surface area contributed by atoms with Crippen LogP contribution in [0.1, 0.15) is 31.9 Å². The van der Waals surface area contributed by atoms with Crippen LogP contribution < -0.4 is 5.32 Å². The van der Waals surface area contributed by atoms with E-state index in [2.05, 4.69) is 26.2 Å². The van der Waals surface area contributed by atoms with Crippen molar-refractivity contribution < 1.29 is 14.9 Å². The summed E-state index contributed by atoms with van der Waals surface area (Å²) in [5.41, 5.74) is 1.14. The van der Waals surface area contributed by atoms with Gasteiger partial charge in [-0.1, -0.05) is 18.8 Å². The highest BCUT2D eigenvalue weighted by Gasteiger charge is 2.43. The summed E-state index contributed by atoms with van der Waals surface area (Å²) in [7, 11) is 0. The molecule has 24 heavy (non-hydrogen) atoms. The fraction of sp³-hybridized carbons (Fsp3) is 0.562. The number of aliphatic hydroxyl groups excluding tert-OH is 2. The number of terminal acetylenes is 1. The number of anilines is 1. The molecule has 1 saturated heterocycles. The summed E-state index contributed by atoms with van der Waals surface area (Å²) >= 11 is 0. The van der Waals surface area contributed by atoms with E-state index in [9.17, 15) is 10.2 Å². The van der Waals surface area contributed by atoms with Crippen LogP contribution in [-0.2, 0) is 4.74 Å². The monoisotopic (exact) mass is 329 g/mol. The van der Waals surface area contributed by atoms with Gasteiger partial charge in [0.15, 0.2) is 23.2 Å². The molecule has 0 radical (unpaired) electrons. The maximum Gasteiger partial charge on any atom is 0.167 e. The van der Waals surface area contributed by atoms with Gasteiger partial charge < -0.3 is 20.3 Å². The van der Waals surface area contributed by atoms with E-state index in [-0.39, 0.29) is 0 Å². The Morgan fingerprint density at radius 3 is 2.71 bits per heavy atom. The second-order valence-corrected chi connectivity index (χ2v) is 6.27. The molecule has 2 fully saturated rings. The van der Waals surface area contributed by atoms with Crippen LogP contribution in [0.2, 0.25) is 0 Å². The largest absolute Gasteiger partial charge is 0.386 e. The van der Waals surface area contributed by atoms with Crippen molar-refractivity contribution in [3.63, 3.8) is 0 Å². The smallest absolute Gasteiger partial charge is 0.167 e. The zero-order valence-electron chi connectivity index (χ0n) is 13.0. The predicted octanol–water partition coefficient (Wildman–Crippen LogP) is 0.433. The molecular formula is C16H19N5O3. The number of hydrogen-bond donors (Lipinski definition) is 3. The van der Waals surface area contributed by atoms with Crippen LogP contribution in [0.3, 0.4) is 0 Å². The quantitative estimate of drug-likeness (QED) is 0.701. The fourth-order valence-corrected chi connectivity index (χ4v) is 3.43. The lowest BCUT2D eigenvalue weighted by Gasteiger charge is -2.16. The maximum absolute atomic E-state index is 10.2. The second-order valence-electron chi connectivity index (χ2n) is 6.27. The van der Waals surface area contributed by atoms with Gasteiger partial charge in [0.2, 0.25) is 0 Å². The third kappa shape index (κ3) is 2.41. The Labute approximate surface area is 138 Å². The highest BCUT2D eigenvalue weighted by Crippen LogP contribution is 2.32. The van der Waals surface area contributed by atoms with E-state index in [4.69, 9.17) is 11.2 Å². The first kappa shape index (κ1) is 15.3. The van der Waals surface area contributed by atoms with Gasteiger partial charge in [0.25, 0.3) is 0 Å². The van der Waals surface area contributed by atoms with Crippen LogP contribution >= 0.6 is 0 Å². The van der Waals surface area contributed by atoms with E-state index < -0.39 is 24.5 Å². The lowest BCUT2D eigenvalue weighted by molar-refractivity contribution is -0.0230. The third-order valence-electron chi connectivity index (χ3n) is 4.73. The van der Waals surface area contributed by atoms with Gasteiger partial charge in [-0.25, -0.2) is 15.0 Å². The van der Waals surface area contributed by atoms with Gasteiger partial charge in [0.05, 0.1) is 6.33 Å². The van der Waals surface area contributed by atoms with Crippen molar-refractivity contribution in [3.05, 3.63) is 12.7 Å². The van der Waals surface area contributed by atoms with Crippen LogP contribution in [0.4, 0.5) is 5.82 Å². The average Bonchev–Trinajstić information content (AvgIpc) is 3.30. The Balaban J connectivity index is 1.67. The van der Waals surface area contributed by atoms with Crippen molar-refractivity contribution in [1.29, 1.82) is 0 Å². The first-order valence-electron chi connectivity index (χ1n) is 8.11. The molecule has 8 nitrogen and oxygen atoms in total. The third-order valence-corrected chi connectivity index (χ3v) is 4.73. The van der Waals surface area contributed by atoms with Crippen molar-refractivity contribution in [1.82, 2.24) is 19.5 Å². The van der Waals surface area contributed by atoms with Crippen molar-refractivity contribution in [2.75, 3.05) is 5.32 Å². The van der Waals surface area contributed by atoms with Crippen molar-refractivity contribution in [3.8, 4) is 12.3 Å². The summed E-state index contributed by atoms with van der Waals surface area (Å²) < 4.78 is 7.15. The standard InChI is InChI=1S/C16H19N5O3/c1-2-10-12(22)13(23)16(24-10)21-8-19-11-14(17-7-18-15(11)21)20-9-5-3-4-6-9/h1,7-10,12-13,16,22-23H,3-6H2,(H,17,18,20)/t10-,12-,13-,16-/m1/s1. The molecule has 0 spiro atoms. The molecule has 0 amide bonds. The van der Waals surface area contributed by atoms with E-state index >= 15 is 0 Å². The number of nitrogens with zero attached hydrogens (tertiary/aromatic N) is 4. The molecule has 126 valence electrons. The molecule has 0 unspecified atom stereocenters. The average molecular weight is 329 g/mol. The second kappa shape index (κ2) is 6.02. The number of fused-ring (bicyclic) bond motifs is 1. The highest BCUT2D eigenvalue weighted by molar-refractivity contribution is 5.82. The van der Waals surface area contributed by atoms with E-state index in [1.807, 2.05) is 0 Å². The summed E-state index contributed by atoms with van der Waals surface area (Å²) in [4.78, 5) is 12.9.